The third-order valence-electron chi connectivity index (χ3n) is 2.83. The molecule has 0 radical (unpaired) electrons. The lowest BCUT2D eigenvalue weighted by molar-refractivity contribution is 0.959. The summed E-state index contributed by atoms with van der Waals surface area (Å²) in [7, 11) is 0. The van der Waals surface area contributed by atoms with E-state index in [2.05, 4.69) is 33.0 Å². The van der Waals surface area contributed by atoms with Gasteiger partial charge in [-0.1, -0.05) is 41.9 Å². The molecule has 2 heterocycles. The normalized spacial score (nSPS) is 11.0. The molecule has 2 aromatic heterocycles. The Hall–Kier alpha value is -1.32. The molecule has 0 fully saturated rings. The van der Waals surface area contributed by atoms with E-state index in [0.29, 0.717) is 5.02 Å². The van der Waals surface area contributed by atoms with E-state index in [0.717, 1.165) is 22.4 Å². The van der Waals surface area contributed by atoms with Crippen LogP contribution in [-0.2, 0) is 6.42 Å². The number of pyridine rings is 1. The average Bonchev–Trinajstić information content (AvgIpc) is 2.67. The fourth-order valence-corrected chi connectivity index (χ4v) is 2.67. The number of hydrogen-bond donors (Lipinski definition) is 0. The standard InChI is InChI=1S/C14H10BrClN2/c15-14-12-7-6-11(16)9-18(12)13(17-14)8-10-4-2-1-3-5-10/h1-7,9H,8H2. The largest absolute Gasteiger partial charge is 0.301 e. The first-order valence-corrected chi connectivity index (χ1v) is 6.77. The summed E-state index contributed by atoms with van der Waals surface area (Å²) in [4.78, 5) is 4.55. The van der Waals surface area contributed by atoms with Gasteiger partial charge in [-0.2, -0.15) is 0 Å². The van der Waals surface area contributed by atoms with Crippen LogP contribution in [0.3, 0.4) is 0 Å². The average molecular weight is 322 g/mol. The molecule has 0 aliphatic rings. The van der Waals surface area contributed by atoms with Crippen LogP contribution in [0.15, 0.2) is 53.3 Å². The highest BCUT2D eigenvalue weighted by molar-refractivity contribution is 9.10. The first-order valence-electron chi connectivity index (χ1n) is 5.60. The van der Waals surface area contributed by atoms with Crippen molar-refractivity contribution in [2.75, 3.05) is 0 Å². The lowest BCUT2D eigenvalue weighted by Crippen LogP contribution is -1.96. The van der Waals surface area contributed by atoms with Crippen LogP contribution in [0.2, 0.25) is 5.02 Å². The van der Waals surface area contributed by atoms with Gasteiger partial charge in [0.1, 0.15) is 10.4 Å². The van der Waals surface area contributed by atoms with E-state index < -0.39 is 0 Å². The van der Waals surface area contributed by atoms with Crippen LogP contribution in [-0.4, -0.2) is 9.38 Å². The van der Waals surface area contributed by atoms with Crippen LogP contribution in [0.5, 0.6) is 0 Å². The summed E-state index contributed by atoms with van der Waals surface area (Å²) >= 11 is 9.52. The summed E-state index contributed by atoms with van der Waals surface area (Å²) < 4.78 is 2.88. The highest BCUT2D eigenvalue weighted by atomic mass is 79.9. The van der Waals surface area contributed by atoms with E-state index in [1.165, 1.54) is 5.56 Å². The highest BCUT2D eigenvalue weighted by Crippen LogP contribution is 2.22. The van der Waals surface area contributed by atoms with E-state index in [1.807, 2.05) is 40.9 Å². The summed E-state index contributed by atoms with van der Waals surface area (Å²) in [5.74, 6) is 0.977. The predicted molar refractivity (Wildman–Crippen MR) is 77.2 cm³/mol. The minimum Gasteiger partial charge on any atom is -0.301 e. The number of rotatable bonds is 2. The zero-order valence-electron chi connectivity index (χ0n) is 9.48. The molecule has 0 saturated carbocycles. The monoisotopic (exact) mass is 320 g/mol. The van der Waals surface area contributed by atoms with Crippen molar-refractivity contribution >= 4 is 33.0 Å². The Balaban J connectivity index is 2.09. The fraction of sp³-hybridized carbons (Fsp3) is 0.0714. The Morgan fingerprint density at radius 2 is 1.89 bits per heavy atom. The number of imidazole rings is 1. The van der Waals surface area contributed by atoms with Gasteiger partial charge in [0.15, 0.2) is 0 Å². The molecule has 1 aromatic carbocycles. The van der Waals surface area contributed by atoms with E-state index >= 15 is 0 Å². The van der Waals surface area contributed by atoms with Crippen LogP contribution in [0, 0.1) is 0 Å². The Labute approximate surface area is 118 Å². The second-order valence-electron chi connectivity index (χ2n) is 4.08. The molecule has 0 aliphatic heterocycles. The van der Waals surface area contributed by atoms with Gasteiger partial charge in [0.2, 0.25) is 0 Å². The molecule has 4 heteroatoms. The molecule has 0 saturated heterocycles. The number of fused-ring (bicyclic) bond motifs is 1. The van der Waals surface area contributed by atoms with E-state index in [9.17, 15) is 0 Å². The lowest BCUT2D eigenvalue weighted by atomic mass is 10.1. The summed E-state index contributed by atoms with van der Waals surface area (Å²) in [5, 5.41) is 0.710. The third-order valence-corrected chi connectivity index (χ3v) is 3.64. The van der Waals surface area contributed by atoms with Gasteiger partial charge in [-0.15, -0.1) is 0 Å². The molecule has 90 valence electrons. The molecule has 3 aromatic rings. The lowest BCUT2D eigenvalue weighted by Gasteiger charge is -2.02. The van der Waals surface area contributed by atoms with Gasteiger partial charge in [0.25, 0.3) is 0 Å². The highest BCUT2D eigenvalue weighted by Gasteiger charge is 2.09. The topological polar surface area (TPSA) is 17.3 Å². The van der Waals surface area contributed by atoms with Crippen molar-refractivity contribution in [2.24, 2.45) is 0 Å². The molecule has 3 rings (SSSR count). The van der Waals surface area contributed by atoms with E-state index in [4.69, 9.17) is 11.6 Å². The zero-order chi connectivity index (χ0) is 12.5. The van der Waals surface area contributed by atoms with Crippen molar-refractivity contribution in [2.45, 2.75) is 6.42 Å². The van der Waals surface area contributed by atoms with Crippen molar-refractivity contribution in [3.05, 3.63) is 69.7 Å². The zero-order valence-corrected chi connectivity index (χ0v) is 11.8. The first-order chi connectivity index (χ1) is 8.74. The van der Waals surface area contributed by atoms with Crippen molar-refractivity contribution < 1.29 is 0 Å². The van der Waals surface area contributed by atoms with Gasteiger partial charge < -0.3 is 4.40 Å². The maximum atomic E-state index is 6.04. The van der Waals surface area contributed by atoms with Crippen LogP contribution in [0.1, 0.15) is 11.4 Å². The number of benzene rings is 1. The molecule has 0 unspecified atom stereocenters. The second-order valence-corrected chi connectivity index (χ2v) is 5.27. The van der Waals surface area contributed by atoms with Gasteiger partial charge in [0, 0.05) is 12.6 Å². The maximum Gasteiger partial charge on any atom is 0.132 e. The quantitative estimate of drug-likeness (QED) is 0.686. The Morgan fingerprint density at radius 3 is 2.67 bits per heavy atom. The molecule has 0 N–H and O–H groups in total. The Morgan fingerprint density at radius 1 is 1.11 bits per heavy atom. The summed E-state index contributed by atoms with van der Waals surface area (Å²) in [6.45, 7) is 0. The van der Waals surface area contributed by atoms with Gasteiger partial charge in [-0.3, -0.25) is 0 Å². The third kappa shape index (κ3) is 2.16. The van der Waals surface area contributed by atoms with Gasteiger partial charge >= 0.3 is 0 Å². The summed E-state index contributed by atoms with van der Waals surface area (Å²) in [6.07, 6.45) is 2.68. The minimum atomic E-state index is 0.710. The van der Waals surface area contributed by atoms with Crippen molar-refractivity contribution in [3.8, 4) is 0 Å². The molecule has 0 amide bonds. The fourth-order valence-electron chi connectivity index (χ4n) is 1.98. The SMILES string of the molecule is Clc1ccc2c(Br)nc(Cc3ccccc3)n2c1. The van der Waals surface area contributed by atoms with Gasteiger partial charge in [-0.05, 0) is 33.6 Å². The molecular weight excluding hydrogens is 312 g/mol. The van der Waals surface area contributed by atoms with Crippen LogP contribution >= 0.6 is 27.5 Å². The smallest absolute Gasteiger partial charge is 0.132 e. The predicted octanol–water partition coefficient (Wildman–Crippen LogP) is 4.34. The molecule has 0 spiro atoms. The van der Waals surface area contributed by atoms with Crippen molar-refractivity contribution in [1.82, 2.24) is 9.38 Å². The van der Waals surface area contributed by atoms with Gasteiger partial charge in [0.05, 0.1) is 10.5 Å². The number of nitrogens with zero attached hydrogens (tertiary/aromatic N) is 2. The summed E-state index contributed by atoms with van der Waals surface area (Å²) in [5.41, 5.74) is 2.27. The summed E-state index contributed by atoms with van der Waals surface area (Å²) in [6, 6.07) is 14.1. The van der Waals surface area contributed by atoms with E-state index in [1.54, 1.807) is 0 Å². The molecular formula is C14H10BrClN2. The first kappa shape index (κ1) is 11.8. The number of aromatic nitrogens is 2. The number of hydrogen-bond acceptors (Lipinski definition) is 1. The number of halogens is 2. The van der Waals surface area contributed by atoms with Gasteiger partial charge in [-0.25, -0.2) is 4.98 Å². The van der Waals surface area contributed by atoms with E-state index in [-0.39, 0.29) is 0 Å². The Kier molecular flexibility index (Phi) is 3.10. The van der Waals surface area contributed by atoms with Crippen LogP contribution in [0.25, 0.3) is 5.52 Å². The second kappa shape index (κ2) is 4.75. The molecule has 18 heavy (non-hydrogen) atoms. The maximum absolute atomic E-state index is 6.04. The molecule has 0 aliphatic carbocycles. The van der Waals surface area contributed by atoms with Crippen molar-refractivity contribution in [1.29, 1.82) is 0 Å². The minimum absolute atomic E-state index is 0.710. The van der Waals surface area contributed by atoms with Crippen LogP contribution < -0.4 is 0 Å². The Bertz CT molecular complexity index is 692. The van der Waals surface area contributed by atoms with Crippen LogP contribution in [0.4, 0.5) is 0 Å². The molecule has 0 bridgehead atoms. The molecule has 0 atom stereocenters. The van der Waals surface area contributed by atoms with Crippen molar-refractivity contribution in [3.63, 3.8) is 0 Å². The molecule has 2 nitrogen and oxygen atoms in total.